The predicted molar refractivity (Wildman–Crippen MR) is 83.3 cm³/mol. The van der Waals surface area contributed by atoms with Gasteiger partial charge < -0.3 is 10.2 Å². The van der Waals surface area contributed by atoms with Crippen LogP contribution in [0.3, 0.4) is 0 Å². The van der Waals surface area contributed by atoms with Gasteiger partial charge in [-0.15, -0.1) is 23.2 Å². The van der Waals surface area contributed by atoms with Crippen molar-refractivity contribution in [3.8, 4) is 0 Å². The summed E-state index contributed by atoms with van der Waals surface area (Å²) >= 11 is 12.6. The van der Waals surface area contributed by atoms with E-state index in [9.17, 15) is 19.8 Å². The zero-order valence-electron chi connectivity index (χ0n) is 12.9. The lowest BCUT2D eigenvalue weighted by atomic mass is 9.35. The first-order valence-corrected chi connectivity index (χ1v) is 8.56. The van der Waals surface area contributed by atoms with E-state index in [4.69, 9.17) is 23.2 Å². The van der Waals surface area contributed by atoms with Gasteiger partial charge >= 0.3 is 11.9 Å². The Hall–Kier alpha value is -0.480. The number of carboxylic acids is 2. The molecule has 4 bridgehead atoms. The quantitative estimate of drug-likeness (QED) is 0.759. The number of hydrogen-bond donors (Lipinski definition) is 2. The number of carboxylic acid groups (broad SMARTS) is 2. The maximum absolute atomic E-state index is 11.6. The van der Waals surface area contributed by atoms with Gasteiger partial charge in [-0.05, 0) is 60.2 Å². The molecule has 0 aromatic carbocycles. The molecule has 4 nitrogen and oxygen atoms in total. The molecular formula is C16H22Cl2O4. The average molecular weight is 349 g/mol. The van der Waals surface area contributed by atoms with Gasteiger partial charge in [0.1, 0.15) is 10.8 Å². The summed E-state index contributed by atoms with van der Waals surface area (Å²) in [7, 11) is 0. The lowest BCUT2D eigenvalue weighted by Gasteiger charge is -2.70. The summed E-state index contributed by atoms with van der Waals surface area (Å²) in [6.45, 7) is 4.28. The van der Waals surface area contributed by atoms with Gasteiger partial charge in [-0.2, -0.15) is 0 Å². The molecule has 2 unspecified atom stereocenters. The minimum absolute atomic E-state index is 0.0747. The molecule has 2 N–H and O–H groups in total. The van der Waals surface area contributed by atoms with E-state index in [-0.39, 0.29) is 10.8 Å². The van der Waals surface area contributed by atoms with E-state index in [1.165, 1.54) is 0 Å². The molecule has 124 valence electrons. The molecule has 0 heterocycles. The molecule has 0 aromatic heterocycles. The summed E-state index contributed by atoms with van der Waals surface area (Å²) in [5.41, 5.74) is -1.24. The topological polar surface area (TPSA) is 74.6 Å². The Morgan fingerprint density at radius 3 is 1.36 bits per heavy atom. The van der Waals surface area contributed by atoms with Crippen LogP contribution in [0.2, 0.25) is 0 Å². The second kappa shape index (κ2) is 4.54. The molecular weight excluding hydrogens is 327 g/mol. The molecule has 0 radical (unpaired) electrons. The molecule has 4 aliphatic carbocycles. The molecule has 0 spiro atoms. The number of halogens is 2. The fourth-order valence-corrected chi connectivity index (χ4v) is 7.41. The number of aliphatic carboxylic acids is 2. The average Bonchev–Trinajstić information content (AvgIpc) is 2.32. The molecule has 4 atom stereocenters. The molecule has 0 aliphatic heterocycles. The Balaban J connectivity index is 2.10. The van der Waals surface area contributed by atoms with Crippen LogP contribution in [-0.2, 0) is 9.59 Å². The van der Waals surface area contributed by atoms with E-state index < -0.39 is 33.5 Å². The molecule has 22 heavy (non-hydrogen) atoms. The van der Waals surface area contributed by atoms with Crippen molar-refractivity contribution < 1.29 is 19.8 Å². The Morgan fingerprint density at radius 1 is 0.773 bits per heavy atom. The first-order chi connectivity index (χ1) is 9.95. The van der Waals surface area contributed by atoms with Crippen molar-refractivity contribution in [3.63, 3.8) is 0 Å². The van der Waals surface area contributed by atoms with E-state index in [1.54, 1.807) is 0 Å². The second-order valence-corrected chi connectivity index (χ2v) is 9.68. The Morgan fingerprint density at radius 2 is 1.09 bits per heavy atom. The zero-order chi connectivity index (χ0) is 16.6. The highest BCUT2D eigenvalue weighted by Crippen LogP contribution is 2.76. The van der Waals surface area contributed by atoms with Crippen LogP contribution in [0.5, 0.6) is 0 Å². The minimum Gasteiger partial charge on any atom is -0.480 e. The second-order valence-electron chi connectivity index (χ2n) is 8.81. The summed E-state index contributed by atoms with van der Waals surface area (Å²) in [5, 5.41) is 17.0. The summed E-state index contributed by atoms with van der Waals surface area (Å²) in [4.78, 5) is 23.1. The highest BCUT2D eigenvalue weighted by Gasteiger charge is 2.70. The van der Waals surface area contributed by atoms with E-state index in [1.807, 2.05) is 0 Å². The molecule has 6 heteroatoms. The van der Waals surface area contributed by atoms with Crippen LogP contribution in [0.25, 0.3) is 0 Å². The van der Waals surface area contributed by atoms with Crippen molar-refractivity contribution in [1.82, 2.24) is 0 Å². The SMILES string of the molecule is CC12CC3(C)CC([C@H](Cl)C(=O)O)(C1)CC([C@@H](Cl)C(=O)O)(C2)C3. The molecule has 4 rings (SSSR count). The van der Waals surface area contributed by atoms with E-state index in [0.29, 0.717) is 6.42 Å². The van der Waals surface area contributed by atoms with Gasteiger partial charge in [0.25, 0.3) is 0 Å². The normalized spacial score (nSPS) is 48.9. The maximum atomic E-state index is 11.6. The third-order valence-corrected chi connectivity index (χ3v) is 7.48. The Labute approximate surface area is 140 Å². The van der Waals surface area contributed by atoms with E-state index in [2.05, 4.69) is 13.8 Å². The van der Waals surface area contributed by atoms with Crippen molar-refractivity contribution in [3.05, 3.63) is 0 Å². The fraction of sp³-hybridized carbons (Fsp3) is 0.875. The highest BCUT2D eigenvalue weighted by molar-refractivity contribution is 6.31. The third kappa shape index (κ3) is 2.17. The summed E-state index contributed by atoms with van der Waals surface area (Å²) in [6, 6.07) is 0. The van der Waals surface area contributed by atoms with Crippen LogP contribution in [0.15, 0.2) is 0 Å². The molecule has 0 aromatic rings. The van der Waals surface area contributed by atoms with Crippen LogP contribution < -0.4 is 0 Å². The van der Waals surface area contributed by atoms with Crippen LogP contribution in [0.4, 0.5) is 0 Å². The van der Waals surface area contributed by atoms with Crippen LogP contribution in [0.1, 0.15) is 52.4 Å². The van der Waals surface area contributed by atoms with Crippen molar-refractivity contribution in [1.29, 1.82) is 0 Å². The number of carbonyl (C=O) groups is 2. The summed E-state index contributed by atoms with van der Waals surface area (Å²) in [5.74, 6) is -2.01. The van der Waals surface area contributed by atoms with Crippen molar-refractivity contribution in [2.24, 2.45) is 21.7 Å². The van der Waals surface area contributed by atoms with Crippen molar-refractivity contribution in [2.75, 3.05) is 0 Å². The maximum Gasteiger partial charge on any atom is 0.322 e. The van der Waals surface area contributed by atoms with Gasteiger partial charge in [0.15, 0.2) is 0 Å². The largest absolute Gasteiger partial charge is 0.480 e. The first-order valence-electron chi connectivity index (χ1n) is 7.69. The number of hydrogen-bond acceptors (Lipinski definition) is 2. The van der Waals surface area contributed by atoms with Gasteiger partial charge in [-0.25, -0.2) is 0 Å². The predicted octanol–water partition coefficient (Wildman–Crippen LogP) is 3.74. The zero-order valence-corrected chi connectivity index (χ0v) is 14.4. The lowest BCUT2D eigenvalue weighted by Crippen LogP contribution is -2.65. The summed E-state index contributed by atoms with van der Waals surface area (Å²) in [6.07, 6.45) is 4.51. The molecule has 4 aliphatic rings. The van der Waals surface area contributed by atoms with E-state index >= 15 is 0 Å². The molecule has 0 saturated heterocycles. The van der Waals surface area contributed by atoms with Gasteiger partial charge in [0.05, 0.1) is 0 Å². The van der Waals surface area contributed by atoms with Crippen LogP contribution in [-0.4, -0.2) is 32.9 Å². The fourth-order valence-electron chi connectivity index (χ4n) is 6.94. The minimum atomic E-state index is -1.01. The number of alkyl halides is 2. The Kier molecular flexibility index (Phi) is 3.38. The standard InChI is InChI=1S/C16H22Cl2O4/c1-13-3-14(2)6-15(4-13,9(17)11(19)20)8-16(5-13,7-14)10(18)12(21)22/h9-10H,3-8H2,1-2H3,(H,19,20)(H,21,22)/t9-,10+,13?,14?,15?,16?. The Bertz CT molecular complexity index is 486. The smallest absolute Gasteiger partial charge is 0.322 e. The lowest BCUT2D eigenvalue weighted by molar-refractivity contribution is -0.198. The monoisotopic (exact) mass is 348 g/mol. The summed E-state index contributed by atoms with van der Waals surface area (Å²) < 4.78 is 0. The van der Waals surface area contributed by atoms with Crippen LogP contribution >= 0.6 is 23.2 Å². The van der Waals surface area contributed by atoms with Crippen molar-refractivity contribution in [2.45, 2.75) is 63.1 Å². The van der Waals surface area contributed by atoms with Crippen molar-refractivity contribution >= 4 is 35.1 Å². The van der Waals surface area contributed by atoms with Gasteiger partial charge in [0, 0.05) is 0 Å². The third-order valence-electron chi connectivity index (χ3n) is 6.18. The molecule has 0 amide bonds. The molecule has 4 saturated carbocycles. The first kappa shape index (κ1) is 16.4. The van der Waals surface area contributed by atoms with Gasteiger partial charge in [0.2, 0.25) is 0 Å². The van der Waals surface area contributed by atoms with Gasteiger partial charge in [-0.1, -0.05) is 13.8 Å². The number of rotatable bonds is 4. The van der Waals surface area contributed by atoms with Crippen LogP contribution in [0, 0.1) is 21.7 Å². The van der Waals surface area contributed by atoms with Gasteiger partial charge in [-0.3, -0.25) is 9.59 Å². The molecule has 4 fully saturated rings. The highest BCUT2D eigenvalue weighted by atomic mass is 35.5. The van der Waals surface area contributed by atoms with E-state index in [0.717, 1.165) is 32.1 Å².